The SMILES string of the molecule is CC(C)C(C)CNC(=O)[C@H]1CCCN1. The lowest BCUT2D eigenvalue weighted by Crippen LogP contribution is -2.42. The summed E-state index contributed by atoms with van der Waals surface area (Å²) in [6.45, 7) is 8.33. The molecule has 0 aromatic heterocycles. The molecule has 0 radical (unpaired) electrons. The van der Waals surface area contributed by atoms with Crippen LogP contribution in [-0.2, 0) is 4.79 Å². The number of hydrogen-bond acceptors (Lipinski definition) is 2. The number of rotatable bonds is 4. The largest absolute Gasteiger partial charge is 0.354 e. The Morgan fingerprint density at radius 3 is 2.71 bits per heavy atom. The molecule has 0 saturated carbocycles. The fraction of sp³-hybridized carbons (Fsp3) is 0.909. The predicted molar refractivity (Wildman–Crippen MR) is 58.0 cm³/mol. The van der Waals surface area contributed by atoms with E-state index in [1.807, 2.05) is 0 Å². The second kappa shape index (κ2) is 5.35. The first-order valence-electron chi connectivity index (χ1n) is 5.62. The molecular formula is C11H22N2O. The molecule has 14 heavy (non-hydrogen) atoms. The number of carbonyl (C=O) groups is 1. The summed E-state index contributed by atoms with van der Waals surface area (Å²) in [5, 5.41) is 6.20. The van der Waals surface area contributed by atoms with Crippen LogP contribution >= 0.6 is 0 Å². The van der Waals surface area contributed by atoms with Crippen molar-refractivity contribution in [3.8, 4) is 0 Å². The maximum atomic E-state index is 11.6. The Labute approximate surface area is 86.6 Å². The normalized spacial score (nSPS) is 23.9. The number of nitrogens with one attached hydrogen (secondary N) is 2. The van der Waals surface area contributed by atoms with Crippen LogP contribution in [0.3, 0.4) is 0 Å². The van der Waals surface area contributed by atoms with Crippen LogP contribution in [0, 0.1) is 11.8 Å². The molecule has 1 fully saturated rings. The van der Waals surface area contributed by atoms with Gasteiger partial charge < -0.3 is 10.6 Å². The minimum absolute atomic E-state index is 0.0642. The van der Waals surface area contributed by atoms with Crippen molar-refractivity contribution < 1.29 is 4.79 Å². The van der Waals surface area contributed by atoms with Crippen LogP contribution in [0.15, 0.2) is 0 Å². The van der Waals surface area contributed by atoms with Gasteiger partial charge in [-0.1, -0.05) is 20.8 Å². The summed E-state index contributed by atoms with van der Waals surface area (Å²) in [4.78, 5) is 11.6. The third-order valence-corrected chi connectivity index (χ3v) is 3.11. The zero-order valence-electron chi connectivity index (χ0n) is 9.47. The highest BCUT2D eigenvalue weighted by molar-refractivity contribution is 5.81. The van der Waals surface area contributed by atoms with E-state index in [9.17, 15) is 4.79 Å². The van der Waals surface area contributed by atoms with Gasteiger partial charge in [0.15, 0.2) is 0 Å². The van der Waals surface area contributed by atoms with E-state index in [0.717, 1.165) is 25.9 Å². The van der Waals surface area contributed by atoms with Crippen molar-refractivity contribution in [2.75, 3.05) is 13.1 Å². The monoisotopic (exact) mass is 198 g/mol. The fourth-order valence-electron chi connectivity index (χ4n) is 1.53. The van der Waals surface area contributed by atoms with Gasteiger partial charge in [0.05, 0.1) is 6.04 Å². The van der Waals surface area contributed by atoms with Gasteiger partial charge in [0.1, 0.15) is 0 Å². The molecule has 1 amide bonds. The summed E-state index contributed by atoms with van der Waals surface area (Å²) in [6, 6.07) is 0.0642. The lowest BCUT2D eigenvalue weighted by Gasteiger charge is -2.18. The molecular weight excluding hydrogens is 176 g/mol. The molecule has 0 spiro atoms. The first-order chi connectivity index (χ1) is 6.61. The molecule has 1 aliphatic rings. The smallest absolute Gasteiger partial charge is 0.237 e. The predicted octanol–water partition coefficient (Wildman–Crippen LogP) is 1.15. The molecule has 1 aliphatic heterocycles. The topological polar surface area (TPSA) is 41.1 Å². The van der Waals surface area contributed by atoms with Crippen LogP contribution in [-0.4, -0.2) is 25.0 Å². The minimum atomic E-state index is 0.0642. The summed E-state index contributed by atoms with van der Waals surface area (Å²) in [7, 11) is 0. The quantitative estimate of drug-likeness (QED) is 0.711. The van der Waals surface area contributed by atoms with Crippen LogP contribution in [0.5, 0.6) is 0 Å². The van der Waals surface area contributed by atoms with Crippen molar-refractivity contribution in [2.45, 2.75) is 39.7 Å². The minimum Gasteiger partial charge on any atom is -0.354 e. The number of carbonyl (C=O) groups excluding carboxylic acids is 1. The Kier molecular flexibility index (Phi) is 4.39. The van der Waals surface area contributed by atoms with Gasteiger partial charge in [-0.25, -0.2) is 0 Å². The Balaban J connectivity index is 2.20. The van der Waals surface area contributed by atoms with Crippen LogP contribution in [0.2, 0.25) is 0 Å². The van der Waals surface area contributed by atoms with E-state index in [4.69, 9.17) is 0 Å². The van der Waals surface area contributed by atoms with Gasteiger partial charge in [-0.3, -0.25) is 4.79 Å². The van der Waals surface area contributed by atoms with E-state index >= 15 is 0 Å². The molecule has 0 bridgehead atoms. The van der Waals surface area contributed by atoms with Gasteiger partial charge in [0.2, 0.25) is 5.91 Å². The van der Waals surface area contributed by atoms with Gasteiger partial charge in [0, 0.05) is 6.54 Å². The molecule has 2 N–H and O–H groups in total. The standard InChI is InChI=1S/C11H22N2O/c1-8(2)9(3)7-13-11(14)10-5-4-6-12-10/h8-10,12H,4-7H2,1-3H3,(H,13,14)/t9?,10-/m1/s1. The third kappa shape index (κ3) is 3.29. The van der Waals surface area contributed by atoms with Crippen LogP contribution in [0.1, 0.15) is 33.6 Å². The highest BCUT2D eigenvalue weighted by atomic mass is 16.2. The Morgan fingerprint density at radius 1 is 1.50 bits per heavy atom. The Bertz CT molecular complexity index is 186. The second-order valence-electron chi connectivity index (χ2n) is 4.62. The molecule has 3 heteroatoms. The van der Waals surface area contributed by atoms with Crippen LogP contribution in [0.4, 0.5) is 0 Å². The van der Waals surface area contributed by atoms with E-state index in [1.54, 1.807) is 0 Å². The molecule has 1 rings (SSSR count). The molecule has 2 atom stereocenters. The first kappa shape index (κ1) is 11.5. The zero-order valence-corrected chi connectivity index (χ0v) is 9.47. The first-order valence-corrected chi connectivity index (χ1v) is 5.62. The zero-order chi connectivity index (χ0) is 10.6. The van der Waals surface area contributed by atoms with E-state index in [1.165, 1.54) is 0 Å². The molecule has 82 valence electrons. The van der Waals surface area contributed by atoms with Crippen molar-refractivity contribution in [3.05, 3.63) is 0 Å². The second-order valence-corrected chi connectivity index (χ2v) is 4.62. The van der Waals surface area contributed by atoms with Crippen molar-refractivity contribution in [2.24, 2.45) is 11.8 Å². The van der Waals surface area contributed by atoms with Gasteiger partial charge in [0.25, 0.3) is 0 Å². The molecule has 1 unspecified atom stereocenters. The van der Waals surface area contributed by atoms with Gasteiger partial charge >= 0.3 is 0 Å². The lowest BCUT2D eigenvalue weighted by molar-refractivity contribution is -0.123. The highest BCUT2D eigenvalue weighted by Crippen LogP contribution is 2.09. The maximum absolute atomic E-state index is 11.6. The van der Waals surface area contributed by atoms with E-state index in [0.29, 0.717) is 11.8 Å². The van der Waals surface area contributed by atoms with Gasteiger partial charge in [-0.15, -0.1) is 0 Å². The molecule has 1 heterocycles. The molecule has 0 aliphatic carbocycles. The van der Waals surface area contributed by atoms with E-state index in [-0.39, 0.29) is 11.9 Å². The Morgan fingerprint density at radius 2 is 2.21 bits per heavy atom. The summed E-state index contributed by atoms with van der Waals surface area (Å²) >= 11 is 0. The molecule has 0 aromatic carbocycles. The van der Waals surface area contributed by atoms with Crippen molar-refractivity contribution in [1.82, 2.24) is 10.6 Å². The Hall–Kier alpha value is -0.570. The van der Waals surface area contributed by atoms with Crippen LogP contribution < -0.4 is 10.6 Å². The summed E-state index contributed by atoms with van der Waals surface area (Å²) in [5.41, 5.74) is 0. The molecule has 0 aromatic rings. The van der Waals surface area contributed by atoms with Crippen molar-refractivity contribution in [1.29, 1.82) is 0 Å². The van der Waals surface area contributed by atoms with E-state index < -0.39 is 0 Å². The van der Waals surface area contributed by atoms with E-state index in [2.05, 4.69) is 31.4 Å². The average molecular weight is 198 g/mol. The van der Waals surface area contributed by atoms with Gasteiger partial charge in [-0.2, -0.15) is 0 Å². The van der Waals surface area contributed by atoms with Crippen molar-refractivity contribution >= 4 is 5.91 Å². The highest BCUT2D eigenvalue weighted by Gasteiger charge is 2.22. The van der Waals surface area contributed by atoms with Gasteiger partial charge in [-0.05, 0) is 31.2 Å². The lowest BCUT2D eigenvalue weighted by atomic mass is 9.98. The summed E-state index contributed by atoms with van der Waals surface area (Å²) in [6.07, 6.45) is 2.11. The third-order valence-electron chi connectivity index (χ3n) is 3.11. The van der Waals surface area contributed by atoms with Crippen LogP contribution in [0.25, 0.3) is 0 Å². The molecule has 3 nitrogen and oxygen atoms in total. The van der Waals surface area contributed by atoms with Crippen molar-refractivity contribution in [3.63, 3.8) is 0 Å². The average Bonchev–Trinajstić information content (AvgIpc) is 2.66. The fourth-order valence-corrected chi connectivity index (χ4v) is 1.53. The maximum Gasteiger partial charge on any atom is 0.237 e. The summed E-state index contributed by atoms with van der Waals surface area (Å²) in [5.74, 6) is 1.36. The number of hydrogen-bond donors (Lipinski definition) is 2. The number of amides is 1. The molecule has 1 saturated heterocycles. The summed E-state index contributed by atoms with van der Waals surface area (Å²) < 4.78 is 0.